The predicted octanol–water partition coefficient (Wildman–Crippen LogP) is 2.88. The summed E-state index contributed by atoms with van der Waals surface area (Å²) >= 11 is 0. The summed E-state index contributed by atoms with van der Waals surface area (Å²) in [5, 5.41) is 0.975. The van der Waals surface area contributed by atoms with Crippen LogP contribution in [0.2, 0.25) is 0 Å². The summed E-state index contributed by atoms with van der Waals surface area (Å²) in [7, 11) is 0. The molecule has 4 nitrogen and oxygen atoms in total. The van der Waals surface area contributed by atoms with Crippen molar-refractivity contribution in [2.75, 3.05) is 0 Å². The number of hydrogen-bond donors (Lipinski definition) is 1. The van der Waals surface area contributed by atoms with Crippen LogP contribution in [0.4, 0.5) is 0 Å². The van der Waals surface area contributed by atoms with Crippen molar-refractivity contribution < 1.29 is 4.74 Å². The number of nitrogens with zero attached hydrogens (tertiary/aromatic N) is 2. The highest BCUT2D eigenvalue weighted by molar-refractivity contribution is 5.85. The summed E-state index contributed by atoms with van der Waals surface area (Å²) in [5.74, 6) is 1.45. The molecule has 0 aliphatic carbocycles. The van der Waals surface area contributed by atoms with E-state index in [-0.39, 0.29) is 0 Å². The Morgan fingerprint density at radius 1 is 1.11 bits per heavy atom. The number of ether oxygens (including phenoxy) is 1. The fourth-order valence-corrected chi connectivity index (χ4v) is 1.92. The Hall–Kier alpha value is -2.46. The van der Waals surface area contributed by atoms with Crippen LogP contribution in [0.15, 0.2) is 55.0 Å². The van der Waals surface area contributed by atoms with Crippen molar-refractivity contribution in [2.24, 2.45) is 5.73 Å². The van der Waals surface area contributed by atoms with Gasteiger partial charge in [-0.15, -0.1) is 0 Å². The SMILES string of the molecule is NCc1cncc(Oc2cccc3ncccc23)c1. The Bertz CT molecular complexity index is 707. The summed E-state index contributed by atoms with van der Waals surface area (Å²) < 4.78 is 5.88. The van der Waals surface area contributed by atoms with Crippen molar-refractivity contribution in [1.82, 2.24) is 9.97 Å². The van der Waals surface area contributed by atoms with E-state index in [1.54, 1.807) is 18.6 Å². The quantitative estimate of drug-likeness (QED) is 0.777. The maximum absolute atomic E-state index is 5.88. The first-order valence-electron chi connectivity index (χ1n) is 6.02. The van der Waals surface area contributed by atoms with Gasteiger partial charge in [0.05, 0.1) is 11.7 Å². The second-order valence-corrected chi connectivity index (χ2v) is 4.16. The van der Waals surface area contributed by atoms with E-state index in [1.807, 2.05) is 36.4 Å². The Morgan fingerprint density at radius 3 is 2.95 bits per heavy atom. The van der Waals surface area contributed by atoms with E-state index < -0.39 is 0 Å². The van der Waals surface area contributed by atoms with Crippen LogP contribution in [0.3, 0.4) is 0 Å². The Labute approximate surface area is 110 Å². The van der Waals surface area contributed by atoms with Gasteiger partial charge in [0.2, 0.25) is 0 Å². The van der Waals surface area contributed by atoms with Gasteiger partial charge >= 0.3 is 0 Å². The van der Waals surface area contributed by atoms with Crippen LogP contribution in [0.5, 0.6) is 11.5 Å². The zero-order chi connectivity index (χ0) is 13.1. The number of aromatic nitrogens is 2. The van der Waals surface area contributed by atoms with Crippen LogP contribution in [-0.2, 0) is 6.54 Å². The van der Waals surface area contributed by atoms with Gasteiger partial charge in [0.1, 0.15) is 11.5 Å². The third kappa shape index (κ3) is 2.39. The average molecular weight is 251 g/mol. The minimum atomic E-state index is 0.446. The summed E-state index contributed by atoms with van der Waals surface area (Å²) in [6, 6.07) is 11.6. The molecule has 0 atom stereocenters. The first-order chi connectivity index (χ1) is 9.36. The standard InChI is InChI=1S/C15H13N3O/c16-8-11-7-12(10-17-9-11)19-15-5-1-4-14-13(15)3-2-6-18-14/h1-7,9-10H,8,16H2. The average Bonchev–Trinajstić information content (AvgIpc) is 2.48. The molecule has 2 N–H and O–H groups in total. The van der Waals surface area contributed by atoms with E-state index in [1.165, 1.54) is 0 Å². The van der Waals surface area contributed by atoms with Crippen LogP contribution in [0.1, 0.15) is 5.56 Å². The molecular formula is C15H13N3O. The molecule has 0 bridgehead atoms. The van der Waals surface area contributed by atoms with Crippen LogP contribution in [0, 0.1) is 0 Å². The smallest absolute Gasteiger partial charge is 0.146 e. The maximum atomic E-state index is 5.88. The van der Waals surface area contributed by atoms with Crippen LogP contribution in [0.25, 0.3) is 10.9 Å². The molecular weight excluding hydrogens is 238 g/mol. The molecule has 2 heterocycles. The maximum Gasteiger partial charge on any atom is 0.146 e. The van der Waals surface area contributed by atoms with Crippen molar-refractivity contribution in [3.8, 4) is 11.5 Å². The zero-order valence-corrected chi connectivity index (χ0v) is 10.3. The molecule has 0 aliphatic rings. The molecule has 0 fully saturated rings. The predicted molar refractivity (Wildman–Crippen MR) is 73.9 cm³/mol. The fourth-order valence-electron chi connectivity index (χ4n) is 1.92. The van der Waals surface area contributed by atoms with E-state index in [0.717, 1.165) is 22.2 Å². The molecule has 0 unspecified atom stereocenters. The van der Waals surface area contributed by atoms with E-state index in [0.29, 0.717) is 12.3 Å². The van der Waals surface area contributed by atoms with Crippen LogP contribution < -0.4 is 10.5 Å². The third-order valence-corrected chi connectivity index (χ3v) is 2.84. The lowest BCUT2D eigenvalue weighted by molar-refractivity contribution is 0.485. The fraction of sp³-hybridized carbons (Fsp3) is 0.0667. The topological polar surface area (TPSA) is 61.0 Å². The summed E-state index contributed by atoms with van der Waals surface area (Å²) in [6.45, 7) is 0.446. The molecule has 19 heavy (non-hydrogen) atoms. The Kier molecular flexibility index (Phi) is 3.08. The number of rotatable bonds is 3. The van der Waals surface area contributed by atoms with Gasteiger partial charge in [-0.3, -0.25) is 9.97 Å². The van der Waals surface area contributed by atoms with Crippen LogP contribution >= 0.6 is 0 Å². The molecule has 0 saturated heterocycles. The molecule has 0 amide bonds. The zero-order valence-electron chi connectivity index (χ0n) is 10.3. The lowest BCUT2D eigenvalue weighted by Gasteiger charge is -2.08. The van der Waals surface area contributed by atoms with E-state index >= 15 is 0 Å². The van der Waals surface area contributed by atoms with Crippen molar-refractivity contribution in [3.63, 3.8) is 0 Å². The molecule has 0 aliphatic heterocycles. The van der Waals surface area contributed by atoms with E-state index in [2.05, 4.69) is 9.97 Å². The van der Waals surface area contributed by atoms with E-state index in [4.69, 9.17) is 10.5 Å². The monoisotopic (exact) mass is 251 g/mol. The van der Waals surface area contributed by atoms with Gasteiger partial charge < -0.3 is 10.5 Å². The molecule has 1 aromatic carbocycles. The molecule has 0 radical (unpaired) electrons. The van der Waals surface area contributed by atoms with Gasteiger partial charge in [-0.1, -0.05) is 6.07 Å². The minimum Gasteiger partial charge on any atom is -0.455 e. The summed E-state index contributed by atoms with van der Waals surface area (Å²) in [6.07, 6.45) is 5.18. The number of hydrogen-bond acceptors (Lipinski definition) is 4. The molecule has 2 aromatic heterocycles. The van der Waals surface area contributed by atoms with E-state index in [9.17, 15) is 0 Å². The van der Waals surface area contributed by atoms with Gasteiger partial charge in [-0.05, 0) is 35.9 Å². The minimum absolute atomic E-state index is 0.446. The number of benzene rings is 1. The normalized spacial score (nSPS) is 10.6. The molecule has 3 rings (SSSR count). The first kappa shape index (κ1) is 11.6. The lowest BCUT2D eigenvalue weighted by Crippen LogP contribution is -1.97. The number of fused-ring (bicyclic) bond motifs is 1. The Balaban J connectivity index is 2.01. The van der Waals surface area contributed by atoms with Gasteiger partial charge in [0, 0.05) is 24.3 Å². The molecule has 0 saturated carbocycles. The molecule has 94 valence electrons. The highest BCUT2D eigenvalue weighted by Gasteiger charge is 2.04. The van der Waals surface area contributed by atoms with Gasteiger partial charge in [-0.2, -0.15) is 0 Å². The highest BCUT2D eigenvalue weighted by Crippen LogP contribution is 2.28. The van der Waals surface area contributed by atoms with Crippen molar-refractivity contribution in [3.05, 3.63) is 60.6 Å². The van der Waals surface area contributed by atoms with Crippen molar-refractivity contribution in [1.29, 1.82) is 0 Å². The first-order valence-corrected chi connectivity index (χ1v) is 6.02. The number of nitrogens with two attached hydrogens (primary N) is 1. The second-order valence-electron chi connectivity index (χ2n) is 4.16. The van der Waals surface area contributed by atoms with Crippen molar-refractivity contribution >= 4 is 10.9 Å². The van der Waals surface area contributed by atoms with Crippen LogP contribution in [-0.4, -0.2) is 9.97 Å². The van der Waals surface area contributed by atoms with Gasteiger partial charge in [-0.25, -0.2) is 0 Å². The Morgan fingerprint density at radius 2 is 2.05 bits per heavy atom. The third-order valence-electron chi connectivity index (χ3n) is 2.84. The highest BCUT2D eigenvalue weighted by atomic mass is 16.5. The second kappa shape index (κ2) is 5.04. The molecule has 0 spiro atoms. The summed E-state index contributed by atoms with van der Waals surface area (Å²) in [4.78, 5) is 8.41. The van der Waals surface area contributed by atoms with Gasteiger partial charge in [0.15, 0.2) is 0 Å². The summed E-state index contributed by atoms with van der Waals surface area (Å²) in [5.41, 5.74) is 7.44. The largest absolute Gasteiger partial charge is 0.455 e. The molecule has 4 heteroatoms. The van der Waals surface area contributed by atoms with Crippen molar-refractivity contribution in [2.45, 2.75) is 6.54 Å². The van der Waals surface area contributed by atoms with Gasteiger partial charge in [0.25, 0.3) is 0 Å². The lowest BCUT2D eigenvalue weighted by atomic mass is 10.2. The molecule has 3 aromatic rings. The number of pyridine rings is 2.